The zero-order chi connectivity index (χ0) is 12.3. The summed E-state index contributed by atoms with van der Waals surface area (Å²) in [6.07, 6.45) is 0. The Morgan fingerprint density at radius 1 is 1.31 bits per heavy atom. The lowest BCUT2D eigenvalue weighted by Gasteiger charge is -2.08. The highest BCUT2D eigenvalue weighted by atomic mass is 32.2. The maximum atomic E-state index is 11.8. The van der Waals surface area contributed by atoms with Crippen LogP contribution in [0.15, 0.2) is 35.2 Å². The fourth-order valence-electron chi connectivity index (χ4n) is 1.18. The number of benzene rings is 1. The number of aryl methyl sites for hydroxylation is 2. The average molecular weight is 239 g/mol. The Kier molecular flexibility index (Phi) is 3.88. The summed E-state index contributed by atoms with van der Waals surface area (Å²) >= 11 is 0. The summed E-state index contributed by atoms with van der Waals surface area (Å²) in [4.78, 5) is 0.303. The van der Waals surface area contributed by atoms with Crippen LogP contribution < -0.4 is 4.72 Å². The lowest BCUT2D eigenvalue weighted by atomic mass is 10.1. The van der Waals surface area contributed by atoms with Gasteiger partial charge in [-0.3, -0.25) is 0 Å². The SMILES string of the molecule is C=C(C)CNS(=O)(=O)c1ccc(C)c(C)c1. The van der Waals surface area contributed by atoms with Crippen molar-refractivity contribution < 1.29 is 8.42 Å². The van der Waals surface area contributed by atoms with Gasteiger partial charge < -0.3 is 0 Å². The molecule has 0 aliphatic rings. The summed E-state index contributed by atoms with van der Waals surface area (Å²) < 4.78 is 26.2. The molecule has 0 heterocycles. The van der Waals surface area contributed by atoms with Gasteiger partial charge in [0.2, 0.25) is 10.0 Å². The molecule has 0 atom stereocenters. The van der Waals surface area contributed by atoms with Crippen molar-refractivity contribution in [3.63, 3.8) is 0 Å². The van der Waals surface area contributed by atoms with Gasteiger partial charge in [-0.15, -0.1) is 0 Å². The highest BCUT2D eigenvalue weighted by Crippen LogP contribution is 2.14. The van der Waals surface area contributed by atoms with E-state index < -0.39 is 10.0 Å². The van der Waals surface area contributed by atoms with Gasteiger partial charge in [-0.1, -0.05) is 18.2 Å². The predicted molar refractivity (Wildman–Crippen MR) is 65.9 cm³/mol. The molecule has 0 radical (unpaired) electrons. The molecule has 3 nitrogen and oxygen atoms in total. The minimum atomic E-state index is -3.41. The maximum absolute atomic E-state index is 11.8. The van der Waals surface area contributed by atoms with Crippen LogP contribution in [-0.2, 0) is 10.0 Å². The molecule has 1 aromatic carbocycles. The van der Waals surface area contributed by atoms with Crippen LogP contribution in [0, 0.1) is 13.8 Å². The van der Waals surface area contributed by atoms with Crippen LogP contribution in [0.2, 0.25) is 0 Å². The van der Waals surface area contributed by atoms with Gasteiger partial charge in [0.25, 0.3) is 0 Å². The van der Waals surface area contributed by atoms with Gasteiger partial charge in [0, 0.05) is 6.54 Å². The molecule has 0 saturated heterocycles. The second kappa shape index (κ2) is 4.80. The molecule has 0 unspecified atom stereocenters. The topological polar surface area (TPSA) is 46.2 Å². The van der Waals surface area contributed by atoms with Crippen LogP contribution in [0.1, 0.15) is 18.1 Å². The molecule has 0 aliphatic carbocycles. The van der Waals surface area contributed by atoms with E-state index in [1.165, 1.54) is 0 Å². The Morgan fingerprint density at radius 2 is 1.94 bits per heavy atom. The number of hydrogen-bond acceptors (Lipinski definition) is 2. The molecule has 0 saturated carbocycles. The van der Waals surface area contributed by atoms with E-state index in [1.807, 2.05) is 19.9 Å². The van der Waals surface area contributed by atoms with Gasteiger partial charge in [-0.05, 0) is 44.0 Å². The first-order valence-electron chi connectivity index (χ1n) is 5.04. The van der Waals surface area contributed by atoms with E-state index in [0.717, 1.165) is 16.7 Å². The fourth-order valence-corrected chi connectivity index (χ4v) is 2.36. The van der Waals surface area contributed by atoms with E-state index >= 15 is 0 Å². The molecule has 0 spiro atoms. The van der Waals surface area contributed by atoms with Crippen molar-refractivity contribution in [2.45, 2.75) is 25.7 Å². The Bertz CT molecular complexity index is 504. The second-order valence-corrected chi connectivity index (χ2v) is 5.79. The van der Waals surface area contributed by atoms with Crippen molar-refractivity contribution in [2.75, 3.05) is 6.54 Å². The van der Waals surface area contributed by atoms with Crippen molar-refractivity contribution in [1.82, 2.24) is 4.72 Å². The maximum Gasteiger partial charge on any atom is 0.240 e. The molecule has 0 fully saturated rings. The quantitative estimate of drug-likeness (QED) is 0.818. The third-order valence-corrected chi connectivity index (χ3v) is 3.75. The van der Waals surface area contributed by atoms with Crippen LogP contribution >= 0.6 is 0 Å². The van der Waals surface area contributed by atoms with Crippen LogP contribution in [-0.4, -0.2) is 15.0 Å². The zero-order valence-electron chi connectivity index (χ0n) is 9.87. The molecule has 88 valence electrons. The average Bonchev–Trinajstić information content (AvgIpc) is 2.19. The largest absolute Gasteiger partial charge is 0.240 e. The van der Waals surface area contributed by atoms with Gasteiger partial charge in [0.05, 0.1) is 4.90 Å². The van der Waals surface area contributed by atoms with Crippen molar-refractivity contribution >= 4 is 10.0 Å². The molecule has 4 heteroatoms. The summed E-state index contributed by atoms with van der Waals surface area (Å²) in [7, 11) is -3.41. The number of hydrogen-bond donors (Lipinski definition) is 1. The van der Waals surface area contributed by atoms with Crippen molar-refractivity contribution in [3.8, 4) is 0 Å². The fraction of sp³-hybridized carbons (Fsp3) is 0.333. The third kappa shape index (κ3) is 3.18. The number of nitrogens with one attached hydrogen (secondary N) is 1. The smallest absolute Gasteiger partial charge is 0.207 e. The Balaban J connectivity index is 2.99. The van der Waals surface area contributed by atoms with Crippen LogP contribution in [0.25, 0.3) is 0 Å². The normalized spacial score (nSPS) is 11.4. The van der Waals surface area contributed by atoms with Crippen LogP contribution in [0.3, 0.4) is 0 Å². The molecule has 1 rings (SSSR count). The number of rotatable bonds is 4. The van der Waals surface area contributed by atoms with Gasteiger partial charge >= 0.3 is 0 Å². The second-order valence-electron chi connectivity index (χ2n) is 4.03. The summed E-state index contributed by atoms with van der Waals surface area (Å²) in [5.41, 5.74) is 2.84. The molecule has 0 aromatic heterocycles. The molecule has 1 N–H and O–H groups in total. The van der Waals surface area contributed by atoms with Gasteiger partial charge in [0.1, 0.15) is 0 Å². The first-order chi connectivity index (χ1) is 7.33. The highest BCUT2D eigenvalue weighted by molar-refractivity contribution is 7.89. The first kappa shape index (κ1) is 12.9. The van der Waals surface area contributed by atoms with Gasteiger partial charge in [0.15, 0.2) is 0 Å². The minimum absolute atomic E-state index is 0.273. The highest BCUT2D eigenvalue weighted by Gasteiger charge is 2.13. The Labute approximate surface area is 97.2 Å². The molecular formula is C12H17NO2S. The van der Waals surface area contributed by atoms with Crippen molar-refractivity contribution in [1.29, 1.82) is 0 Å². The Morgan fingerprint density at radius 3 is 2.44 bits per heavy atom. The van der Waals surface area contributed by atoms with Crippen molar-refractivity contribution in [2.24, 2.45) is 0 Å². The first-order valence-corrected chi connectivity index (χ1v) is 6.52. The standard InChI is InChI=1S/C12H17NO2S/c1-9(2)8-13-16(14,15)12-6-5-10(3)11(4)7-12/h5-7,13H,1,8H2,2-4H3. The van der Waals surface area contributed by atoms with E-state index in [4.69, 9.17) is 0 Å². The molecule has 0 amide bonds. The van der Waals surface area contributed by atoms with E-state index in [-0.39, 0.29) is 6.54 Å². The molecule has 0 bridgehead atoms. The molecule has 1 aromatic rings. The zero-order valence-corrected chi connectivity index (χ0v) is 10.7. The van der Waals surface area contributed by atoms with E-state index in [0.29, 0.717) is 4.90 Å². The third-order valence-electron chi connectivity index (χ3n) is 2.35. The lowest BCUT2D eigenvalue weighted by Crippen LogP contribution is -2.25. The van der Waals surface area contributed by atoms with E-state index in [1.54, 1.807) is 19.1 Å². The molecular weight excluding hydrogens is 222 g/mol. The predicted octanol–water partition coefficient (Wildman–Crippen LogP) is 2.16. The number of sulfonamides is 1. The summed E-state index contributed by atoms with van der Waals surface area (Å²) in [5, 5.41) is 0. The van der Waals surface area contributed by atoms with Gasteiger partial charge in [-0.25, -0.2) is 13.1 Å². The summed E-state index contributed by atoms with van der Waals surface area (Å²) in [5.74, 6) is 0. The lowest BCUT2D eigenvalue weighted by molar-refractivity contribution is 0.584. The van der Waals surface area contributed by atoms with Crippen molar-refractivity contribution in [3.05, 3.63) is 41.5 Å². The monoisotopic (exact) mass is 239 g/mol. The van der Waals surface area contributed by atoms with E-state index in [2.05, 4.69) is 11.3 Å². The minimum Gasteiger partial charge on any atom is -0.207 e. The van der Waals surface area contributed by atoms with Crippen LogP contribution in [0.4, 0.5) is 0 Å². The molecule has 16 heavy (non-hydrogen) atoms. The Hall–Kier alpha value is -1.13. The van der Waals surface area contributed by atoms with Crippen LogP contribution in [0.5, 0.6) is 0 Å². The van der Waals surface area contributed by atoms with Gasteiger partial charge in [-0.2, -0.15) is 0 Å². The van der Waals surface area contributed by atoms with E-state index in [9.17, 15) is 8.42 Å². The molecule has 0 aliphatic heterocycles. The summed E-state index contributed by atoms with van der Waals surface area (Å²) in [6, 6.07) is 5.10. The summed E-state index contributed by atoms with van der Waals surface area (Å²) in [6.45, 7) is 9.56.